The fourth-order valence-electron chi connectivity index (χ4n) is 2.59. The van der Waals surface area contributed by atoms with Gasteiger partial charge in [-0.25, -0.2) is 0 Å². The molecule has 1 amide bonds. The molecule has 1 fully saturated rings. The number of aryl methyl sites for hydroxylation is 2. The number of nitrogens with zero attached hydrogens (tertiary/aromatic N) is 2. The molecule has 0 aliphatic carbocycles. The molecule has 1 aliphatic heterocycles. The summed E-state index contributed by atoms with van der Waals surface area (Å²) in [6.07, 6.45) is 1.72. The number of fused-ring (bicyclic) bond motifs is 1. The molecular weight excluding hydrogens is 276 g/mol. The minimum absolute atomic E-state index is 0.0880. The lowest BCUT2D eigenvalue weighted by molar-refractivity contribution is 0.0699. The van der Waals surface area contributed by atoms with Crippen molar-refractivity contribution in [2.24, 2.45) is 7.05 Å². The predicted octanol–water partition coefficient (Wildman–Crippen LogP) is 1.43. The average molecular weight is 294 g/mol. The molecule has 20 heavy (non-hydrogen) atoms. The smallest absolute Gasteiger partial charge is 0.263 e. The van der Waals surface area contributed by atoms with Crippen molar-refractivity contribution in [3.8, 4) is 0 Å². The van der Waals surface area contributed by atoms with Crippen LogP contribution in [0, 0.1) is 6.92 Å². The van der Waals surface area contributed by atoms with Crippen LogP contribution in [0.5, 0.6) is 0 Å². The van der Waals surface area contributed by atoms with Crippen molar-refractivity contribution in [2.45, 2.75) is 25.8 Å². The van der Waals surface area contributed by atoms with Crippen molar-refractivity contribution in [1.82, 2.24) is 15.1 Å². The van der Waals surface area contributed by atoms with E-state index in [0.717, 1.165) is 28.8 Å². The first-order valence-corrected chi connectivity index (χ1v) is 7.49. The number of amides is 1. The Kier molecular flexibility index (Phi) is 3.39. The predicted molar refractivity (Wildman–Crippen MR) is 79.0 cm³/mol. The summed E-state index contributed by atoms with van der Waals surface area (Å²) in [5.74, 6) is -0.0880. The topological polar surface area (TPSA) is 82.2 Å². The van der Waals surface area contributed by atoms with E-state index < -0.39 is 0 Å². The van der Waals surface area contributed by atoms with E-state index in [-0.39, 0.29) is 11.9 Å². The zero-order chi connectivity index (χ0) is 14.3. The highest BCUT2D eigenvalue weighted by atomic mass is 32.1. The maximum absolute atomic E-state index is 12.4. The van der Waals surface area contributed by atoms with Gasteiger partial charge in [-0.2, -0.15) is 5.10 Å². The summed E-state index contributed by atoms with van der Waals surface area (Å²) in [5.41, 5.74) is 7.53. The molecule has 0 radical (unpaired) electrons. The number of hydrogen-bond acceptors (Lipinski definition) is 5. The van der Waals surface area contributed by atoms with Gasteiger partial charge in [-0.3, -0.25) is 9.48 Å². The first-order chi connectivity index (χ1) is 9.58. The summed E-state index contributed by atoms with van der Waals surface area (Å²) in [7, 11) is 1.87. The molecule has 2 aromatic heterocycles. The van der Waals surface area contributed by atoms with Crippen molar-refractivity contribution in [3.05, 3.63) is 10.6 Å². The van der Waals surface area contributed by atoms with Crippen LogP contribution in [0.1, 0.15) is 28.2 Å². The van der Waals surface area contributed by atoms with Gasteiger partial charge in [0.15, 0.2) is 0 Å². The fourth-order valence-corrected chi connectivity index (χ4v) is 3.68. The van der Waals surface area contributed by atoms with Crippen LogP contribution in [0.3, 0.4) is 0 Å². The number of nitrogen functional groups attached to an aromatic ring is 1. The van der Waals surface area contributed by atoms with Gasteiger partial charge < -0.3 is 15.8 Å². The maximum atomic E-state index is 12.4. The first kappa shape index (κ1) is 13.4. The van der Waals surface area contributed by atoms with Crippen LogP contribution in [0.25, 0.3) is 10.2 Å². The van der Waals surface area contributed by atoms with Crippen molar-refractivity contribution >= 4 is 33.1 Å². The second kappa shape index (κ2) is 5.06. The number of carbonyl (C=O) groups is 1. The molecule has 0 saturated carbocycles. The van der Waals surface area contributed by atoms with Crippen LogP contribution in [0.4, 0.5) is 5.69 Å². The van der Waals surface area contributed by atoms with Crippen molar-refractivity contribution in [2.75, 3.05) is 18.9 Å². The summed E-state index contributed by atoms with van der Waals surface area (Å²) in [6, 6.07) is 0.181. The quantitative estimate of drug-likeness (QED) is 0.878. The van der Waals surface area contributed by atoms with Crippen molar-refractivity contribution in [3.63, 3.8) is 0 Å². The SMILES string of the molecule is Cc1nn(C)c2sc(C(=O)NC3CCOCC3)c(N)c12. The van der Waals surface area contributed by atoms with Gasteiger partial charge in [-0.15, -0.1) is 11.3 Å². The maximum Gasteiger partial charge on any atom is 0.263 e. The zero-order valence-corrected chi connectivity index (χ0v) is 12.4. The normalized spacial score (nSPS) is 16.7. The molecule has 0 atom stereocenters. The molecule has 0 unspecified atom stereocenters. The highest BCUT2D eigenvalue weighted by Gasteiger charge is 2.23. The molecule has 2 aromatic rings. The molecule has 3 N–H and O–H groups in total. The summed E-state index contributed by atoms with van der Waals surface area (Å²) >= 11 is 1.40. The van der Waals surface area contributed by atoms with Gasteiger partial charge in [0, 0.05) is 26.3 Å². The fraction of sp³-hybridized carbons (Fsp3) is 0.538. The molecule has 3 rings (SSSR count). The molecule has 6 nitrogen and oxygen atoms in total. The minimum atomic E-state index is -0.0880. The van der Waals surface area contributed by atoms with Gasteiger partial charge in [0.1, 0.15) is 9.71 Å². The number of ether oxygens (including phenoxy) is 1. The molecule has 0 bridgehead atoms. The highest BCUT2D eigenvalue weighted by molar-refractivity contribution is 7.21. The van der Waals surface area contributed by atoms with Gasteiger partial charge in [-0.1, -0.05) is 0 Å². The molecule has 7 heteroatoms. The number of carbonyl (C=O) groups excluding carboxylic acids is 1. The molecular formula is C13H18N4O2S. The monoisotopic (exact) mass is 294 g/mol. The van der Waals surface area contributed by atoms with Crippen LogP contribution in [-0.2, 0) is 11.8 Å². The molecule has 108 valence electrons. The first-order valence-electron chi connectivity index (χ1n) is 6.68. The van der Waals surface area contributed by atoms with E-state index in [4.69, 9.17) is 10.5 Å². The average Bonchev–Trinajstić information content (AvgIpc) is 2.90. The van der Waals surface area contributed by atoms with Crippen molar-refractivity contribution in [1.29, 1.82) is 0 Å². The van der Waals surface area contributed by atoms with Crippen LogP contribution in [0.15, 0.2) is 0 Å². The van der Waals surface area contributed by atoms with Crippen LogP contribution in [0.2, 0.25) is 0 Å². The molecule has 3 heterocycles. The van der Waals surface area contributed by atoms with E-state index in [0.29, 0.717) is 23.8 Å². The molecule has 1 aliphatic rings. The Morgan fingerprint density at radius 2 is 2.20 bits per heavy atom. The van der Waals surface area contributed by atoms with E-state index in [1.54, 1.807) is 4.68 Å². The third-order valence-electron chi connectivity index (χ3n) is 3.65. The van der Waals surface area contributed by atoms with E-state index in [9.17, 15) is 4.79 Å². The lowest BCUT2D eigenvalue weighted by Gasteiger charge is -2.22. The standard InChI is InChI=1S/C13H18N4O2S/c1-7-9-10(14)11(20-13(9)17(2)16-7)12(18)15-8-3-5-19-6-4-8/h8H,3-6,14H2,1-2H3,(H,15,18). The third-order valence-corrected chi connectivity index (χ3v) is 4.92. The summed E-state index contributed by atoms with van der Waals surface area (Å²) in [5, 5.41) is 8.27. The minimum Gasteiger partial charge on any atom is -0.397 e. The lowest BCUT2D eigenvalue weighted by atomic mass is 10.1. The Morgan fingerprint density at radius 3 is 2.85 bits per heavy atom. The Morgan fingerprint density at radius 1 is 1.50 bits per heavy atom. The molecule has 0 aromatic carbocycles. The van der Waals surface area contributed by atoms with Gasteiger partial charge in [0.2, 0.25) is 0 Å². The van der Waals surface area contributed by atoms with Gasteiger partial charge in [-0.05, 0) is 19.8 Å². The zero-order valence-electron chi connectivity index (χ0n) is 11.6. The number of rotatable bonds is 2. The van der Waals surface area contributed by atoms with E-state index in [1.165, 1.54) is 11.3 Å². The Bertz CT molecular complexity index is 655. The van der Waals surface area contributed by atoms with Crippen LogP contribution >= 0.6 is 11.3 Å². The van der Waals surface area contributed by atoms with Crippen LogP contribution < -0.4 is 11.1 Å². The number of hydrogen-bond donors (Lipinski definition) is 2. The number of nitrogens with one attached hydrogen (secondary N) is 1. The van der Waals surface area contributed by atoms with E-state index in [2.05, 4.69) is 10.4 Å². The summed E-state index contributed by atoms with van der Waals surface area (Å²) in [4.78, 5) is 13.9. The van der Waals surface area contributed by atoms with Gasteiger partial charge in [0.05, 0.1) is 16.8 Å². The number of aromatic nitrogens is 2. The van der Waals surface area contributed by atoms with Gasteiger partial charge >= 0.3 is 0 Å². The summed E-state index contributed by atoms with van der Waals surface area (Å²) < 4.78 is 7.07. The van der Waals surface area contributed by atoms with Crippen LogP contribution in [-0.4, -0.2) is 34.9 Å². The Labute approximate surface area is 120 Å². The Balaban J connectivity index is 1.87. The summed E-state index contributed by atoms with van der Waals surface area (Å²) in [6.45, 7) is 3.32. The second-order valence-electron chi connectivity index (χ2n) is 5.09. The Hall–Kier alpha value is -1.60. The number of anilines is 1. The molecule has 1 saturated heterocycles. The number of nitrogens with two attached hydrogens (primary N) is 1. The van der Waals surface area contributed by atoms with E-state index in [1.807, 2.05) is 14.0 Å². The van der Waals surface area contributed by atoms with Gasteiger partial charge in [0.25, 0.3) is 5.91 Å². The second-order valence-corrected chi connectivity index (χ2v) is 6.09. The number of thiophene rings is 1. The third kappa shape index (κ3) is 2.16. The van der Waals surface area contributed by atoms with E-state index >= 15 is 0 Å². The molecule has 0 spiro atoms. The largest absolute Gasteiger partial charge is 0.397 e. The van der Waals surface area contributed by atoms with Crippen molar-refractivity contribution < 1.29 is 9.53 Å². The lowest BCUT2D eigenvalue weighted by Crippen LogP contribution is -2.38. The highest BCUT2D eigenvalue weighted by Crippen LogP contribution is 2.35.